The summed E-state index contributed by atoms with van der Waals surface area (Å²) < 4.78 is 0. The molecule has 2 heteroatoms. The van der Waals surface area contributed by atoms with Gasteiger partial charge in [0.15, 0.2) is 0 Å². The van der Waals surface area contributed by atoms with E-state index in [1.807, 2.05) is 11.3 Å². The molecule has 0 saturated carbocycles. The molecule has 0 bridgehead atoms. The van der Waals surface area contributed by atoms with E-state index in [9.17, 15) is 0 Å². The Morgan fingerprint density at radius 1 is 1.05 bits per heavy atom. The molecule has 0 aliphatic heterocycles. The minimum absolute atomic E-state index is 0.382. The Labute approximate surface area is 127 Å². The third-order valence-corrected chi connectivity index (χ3v) is 4.82. The zero-order valence-corrected chi connectivity index (χ0v) is 13.5. The molecule has 2 atom stereocenters. The van der Waals surface area contributed by atoms with Gasteiger partial charge >= 0.3 is 0 Å². The Balaban J connectivity index is 1.93. The van der Waals surface area contributed by atoms with Gasteiger partial charge < -0.3 is 5.32 Å². The summed E-state index contributed by atoms with van der Waals surface area (Å²) >= 11 is 1.82. The van der Waals surface area contributed by atoms with Gasteiger partial charge in [0.25, 0.3) is 0 Å². The van der Waals surface area contributed by atoms with Crippen LogP contribution in [0.5, 0.6) is 0 Å². The lowest BCUT2D eigenvalue weighted by Crippen LogP contribution is -2.21. The molecule has 0 fully saturated rings. The summed E-state index contributed by atoms with van der Waals surface area (Å²) in [5.41, 5.74) is 2.82. The van der Waals surface area contributed by atoms with Crippen LogP contribution in [0.4, 0.5) is 0 Å². The van der Waals surface area contributed by atoms with Crippen LogP contribution in [0, 0.1) is 0 Å². The van der Waals surface area contributed by atoms with Crippen molar-refractivity contribution in [2.45, 2.75) is 52.1 Å². The summed E-state index contributed by atoms with van der Waals surface area (Å²) in [5, 5.41) is 5.81. The normalized spacial score (nSPS) is 14.2. The second-order valence-corrected chi connectivity index (χ2v) is 6.45. The Kier molecular flexibility index (Phi) is 5.81. The van der Waals surface area contributed by atoms with E-state index < -0.39 is 0 Å². The predicted molar refractivity (Wildman–Crippen MR) is 89.3 cm³/mol. The number of aryl methyl sites for hydroxylation is 1. The Morgan fingerprint density at radius 2 is 1.80 bits per heavy atom. The molecule has 20 heavy (non-hydrogen) atoms. The van der Waals surface area contributed by atoms with Crippen LogP contribution in [0.25, 0.3) is 0 Å². The largest absolute Gasteiger partial charge is 0.303 e. The number of hydrogen-bond acceptors (Lipinski definition) is 2. The van der Waals surface area contributed by atoms with Gasteiger partial charge in [0.05, 0.1) is 0 Å². The molecule has 1 aromatic carbocycles. The molecule has 0 saturated heterocycles. The lowest BCUT2D eigenvalue weighted by Gasteiger charge is -2.19. The SMILES string of the molecule is CCCCc1ccc(C(C)N[C@@H](C)c2cccs2)cc1. The molecule has 1 nitrogen and oxygen atoms in total. The lowest BCUT2D eigenvalue weighted by molar-refractivity contribution is 0.500. The number of unbranched alkanes of at least 4 members (excludes halogenated alkanes) is 1. The third kappa shape index (κ3) is 4.19. The van der Waals surface area contributed by atoms with Crippen molar-refractivity contribution in [2.75, 3.05) is 0 Å². The minimum atomic E-state index is 0.382. The lowest BCUT2D eigenvalue weighted by atomic mass is 10.0. The van der Waals surface area contributed by atoms with Gasteiger partial charge in [-0.25, -0.2) is 0 Å². The summed E-state index contributed by atoms with van der Waals surface area (Å²) in [6.45, 7) is 6.72. The smallest absolute Gasteiger partial charge is 0.0391 e. The summed E-state index contributed by atoms with van der Waals surface area (Å²) in [5.74, 6) is 0. The molecule has 0 aliphatic rings. The highest BCUT2D eigenvalue weighted by molar-refractivity contribution is 7.10. The first-order valence-corrected chi connectivity index (χ1v) is 8.47. The van der Waals surface area contributed by atoms with E-state index in [0.717, 1.165) is 0 Å². The molecule has 1 unspecified atom stereocenters. The van der Waals surface area contributed by atoms with E-state index in [0.29, 0.717) is 12.1 Å². The summed E-state index contributed by atoms with van der Waals surface area (Å²) in [6, 6.07) is 14.2. The van der Waals surface area contributed by atoms with Crippen molar-refractivity contribution in [1.82, 2.24) is 5.32 Å². The number of rotatable bonds is 7. The first-order chi connectivity index (χ1) is 9.70. The van der Waals surface area contributed by atoms with Crippen LogP contribution in [0.2, 0.25) is 0 Å². The molecule has 1 heterocycles. The zero-order chi connectivity index (χ0) is 14.4. The highest BCUT2D eigenvalue weighted by Gasteiger charge is 2.11. The molecule has 2 aromatic rings. The van der Waals surface area contributed by atoms with Gasteiger partial charge in [-0.1, -0.05) is 43.7 Å². The van der Waals surface area contributed by atoms with Crippen LogP contribution in [0.1, 0.15) is 61.7 Å². The number of hydrogen-bond donors (Lipinski definition) is 1. The maximum absolute atomic E-state index is 3.67. The zero-order valence-electron chi connectivity index (χ0n) is 12.7. The molecule has 2 rings (SSSR count). The second kappa shape index (κ2) is 7.61. The molecule has 0 spiro atoms. The Morgan fingerprint density at radius 3 is 2.40 bits per heavy atom. The molecule has 108 valence electrons. The average molecular weight is 287 g/mol. The maximum atomic E-state index is 3.67. The predicted octanol–water partition coefficient (Wildman–Crippen LogP) is 5.50. The van der Waals surface area contributed by atoms with Crippen LogP contribution >= 0.6 is 11.3 Å². The van der Waals surface area contributed by atoms with Gasteiger partial charge in [-0.05, 0) is 49.3 Å². The first kappa shape index (κ1) is 15.3. The van der Waals surface area contributed by atoms with Gasteiger partial charge in [-0.15, -0.1) is 11.3 Å². The molecule has 1 N–H and O–H groups in total. The fourth-order valence-corrected chi connectivity index (χ4v) is 3.19. The fraction of sp³-hybridized carbons (Fsp3) is 0.444. The average Bonchev–Trinajstić information content (AvgIpc) is 3.00. The van der Waals surface area contributed by atoms with E-state index in [4.69, 9.17) is 0 Å². The van der Waals surface area contributed by atoms with E-state index in [2.05, 4.69) is 67.9 Å². The Bertz CT molecular complexity index is 487. The van der Waals surface area contributed by atoms with Crippen LogP contribution in [0.15, 0.2) is 41.8 Å². The van der Waals surface area contributed by atoms with E-state index in [-0.39, 0.29) is 0 Å². The van der Waals surface area contributed by atoms with Crippen molar-refractivity contribution < 1.29 is 0 Å². The van der Waals surface area contributed by atoms with Gasteiger partial charge in [-0.3, -0.25) is 0 Å². The Hall–Kier alpha value is -1.12. The van der Waals surface area contributed by atoms with Crippen LogP contribution in [-0.4, -0.2) is 0 Å². The van der Waals surface area contributed by atoms with E-state index in [1.165, 1.54) is 35.3 Å². The van der Waals surface area contributed by atoms with E-state index in [1.54, 1.807) is 0 Å². The van der Waals surface area contributed by atoms with Crippen LogP contribution in [0.3, 0.4) is 0 Å². The number of benzene rings is 1. The molecular formula is C18H25NS. The number of thiophene rings is 1. The highest BCUT2D eigenvalue weighted by atomic mass is 32.1. The molecule has 0 radical (unpaired) electrons. The topological polar surface area (TPSA) is 12.0 Å². The van der Waals surface area contributed by atoms with Gasteiger partial charge in [0, 0.05) is 17.0 Å². The van der Waals surface area contributed by atoms with Crippen molar-refractivity contribution in [3.8, 4) is 0 Å². The molecule has 0 amide bonds. The second-order valence-electron chi connectivity index (χ2n) is 5.47. The molecule has 1 aromatic heterocycles. The third-order valence-electron chi connectivity index (χ3n) is 3.77. The van der Waals surface area contributed by atoms with Gasteiger partial charge in [-0.2, -0.15) is 0 Å². The summed E-state index contributed by atoms with van der Waals surface area (Å²) in [6.07, 6.45) is 3.74. The van der Waals surface area contributed by atoms with E-state index >= 15 is 0 Å². The monoisotopic (exact) mass is 287 g/mol. The van der Waals surface area contributed by atoms with Crippen molar-refractivity contribution >= 4 is 11.3 Å². The van der Waals surface area contributed by atoms with Crippen molar-refractivity contribution in [1.29, 1.82) is 0 Å². The standard InChI is InChI=1S/C18H25NS/c1-4-5-7-16-9-11-17(12-10-16)14(2)19-15(3)18-8-6-13-20-18/h6,8-15,19H,4-5,7H2,1-3H3/t14?,15-/m0/s1. The summed E-state index contributed by atoms with van der Waals surface area (Å²) in [7, 11) is 0. The quantitative estimate of drug-likeness (QED) is 0.708. The first-order valence-electron chi connectivity index (χ1n) is 7.59. The minimum Gasteiger partial charge on any atom is -0.303 e. The molecular weight excluding hydrogens is 262 g/mol. The molecule has 0 aliphatic carbocycles. The summed E-state index contributed by atoms with van der Waals surface area (Å²) in [4.78, 5) is 1.40. The number of nitrogens with one attached hydrogen (secondary N) is 1. The van der Waals surface area contributed by atoms with Gasteiger partial charge in [0.2, 0.25) is 0 Å². The highest BCUT2D eigenvalue weighted by Crippen LogP contribution is 2.23. The fourth-order valence-electron chi connectivity index (χ4n) is 2.44. The van der Waals surface area contributed by atoms with Crippen molar-refractivity contribution in [3.63, 3.8) is 0 Å². The van der Waals surface area contributed by atoms with Crippen LogP contribution < -0.4 is 5.32 Å². The van der Waals surface area contributed by atoms with Crippen LogP contribution in [-0.2, 0) is 6.42 Å². The van der Waals surface area contributed by atoms with Crippen molar-refractivity contribution in [3.05, 3.63) is 57.8 Å². The van der Waals surface area contributed by atoms with Gasteiger partial charge in [0.1, 0.15) is 0 Å². The maximum Gasteiger partial charge on any atom is 0.0391 e. The van der Waals surface area contributed by atoms with Crippen molar-refractivity contribution in [2.24, 2.45) is 0 Å².